The molecule has 0 N–H and O–H groups in total. The van der Waals surface area contributed by atoms with Gasteiger partial charge in [0.15, 0.2) is 5.92 Å². The van der Waals surface area contributed by atoms with Crippen LogP contribution >= 0.6 is 22.6 Å². The number of cyclic esters (lactones) is 1. The summed E-state index contributed by atoms with van der Waals surface area (Å²) in [6.07, 6.45) is 0.336. The lowest BCUT2D eigenvalue weighted by atomic mass is 10.1. The molecule has 0 saturated carbocycles. The largest absolute Gasteiger partial charge is 0.465 e. The van der Waals surface area contributed by atoms with E-state index in [1.165, 1.54) is 0 Å². The first-order valence-electron chi connectivity index (χ1n) is 4.12. The molecule has 2 unspecified atom stereocenters. The molecular weight excluding hydrogens is 287 g/mol. The summed E-state index contributed by atoms with van der Waals surface area (Å²) in [6.45, 7) is 2.02. The Labute approximate surface area is 90.1 Å². The molecule has 1 aliphatic heterocycles. The Bertz CT molecular complexity index is 216. The Morgan fingerprint density at radius 2 is 2.46 bits per heavy atom. The van der Waals surface area contributed by atoms with Gasteiger partial charge in [-0.2, -0.15) is 0 Å². The van der Waals surface area contributed by atoms with Crippen molar-refractivity contribution in [3.63, 3.8) is 0 Å². The van der Waals surface area contributed by atoms with E-state index in [4.69, 9.17) is 9.47 Å². The fourth-order valence-electron chi connectivity index (χ4n) is 1.18. The van der Waals surface area contributed by atoms with Gasteiger partial charge in [0.05, 0.1) is 6.61 Å². The highest BCUT2D eigenvalue weighted by molar-refractivity contribution is 14.1. The maximum atomic E-state index is 11.2. The molecule has 1 fully saturated rings. The Hall–Kier alpha value is -0.330. The Morgan fingerprint density at radius 3 is 2.92 bits per heavy atom. The van der Waals surface area contributed by atoms with E-state index < -0.39 is 17.9 Å². The fourth-order valence-corrected chi connectivity index (χ4v) is 1.72. The Balaban J connectivity index is 2.52. The third kappa shape index (κ3) is 2.55. The molecule has 2 atom stereocenters. The van der Waals surface area contributed by atoms with Gasteiger partial charge in [-0.25, -0.2) is 0 Å². The molecule has 4 nitrogen and oxygen atoms in total. The lowest BCUT2D eigenvalue weighted by Crippen LogP contribution is -2.21. The van der Waals surface area contributed by atoms with Crippen molar-refractivity contribution >= 4 is 34.5 Å². The smallest absolute Gasteiger partial charge is 0.320 e. The van der Waals surface area contributed by atoms with Crippen LogP contribution in [0.1, 0.15) is 13.3 Å². The van der Waals surface area contributed by atoms with Crippen LogP contribution in [-0.4, -0.2) is 29.1 Å². The topological polar surface area (TPSA) is 52.6 Å². The molecule has 1 heterocycles. The van der Waals surface area contributed by atoms with Gasteiger partial charge in [0.1, 0.15) is 6.10 Å². The Kier molecular flexibility index (Phi) is 3.95. The second-order valence-corrected chi connectivity index (χ2v) is 3.63. The molecule has 1 rings (SSSR count). The van der Waals surface area contributed by atoms with Crippen LogP contribution < -0.4 is 0 Å². The molecule has 5 heteroatoms. The number of rotatable bonds is 3. The van der Waals surface area contributed by atoms with Gasteiger partial charge >= 0.3 is 11.9 Å². The molecule has 0 spiro atoms. The van der Waals surface area contributed by atoms with Crippen LogP contribution in [0.4, 0.5) is 0 Å². The fraction of sp³-hybridized carbons (Fsp3) is 0.750. The summed E-state index contributed by atoms with van der Waals surface area (Å²) in [6, 6.07) is 0. The van der Waals surface area contributed by atoms with Crippen LogP contribution in [-0.2, 0) is 19.1 Å². The molecule has 1 saturated heterocycles. The monoisotopic (exact) mass is 298 g/mol. The molecule has 0 bridgehead atoms. The third-order valence-corrected chi connectivity index (χ3v) is 2.79. The zero-order valence-corrected chi connectivity index (χ0v) is 9.44. The summed E-state index contributed by atoms with van der Waals surface area (Å²) in [5.74, 6) is -1.60. The lowest BCUT2D eigenvalue weighted by Gasteiger charge is -2.03. The van der Waals surface area contributed by atoms with Crippen molar-refractivity contribution in [2.24, 2.45) is 5.92 Å². The average molecular weight is 298 g/mol. The summed E-state index contributed by atoms with van der Waals surface area (Å²) in [5.41, 5.74) is 0. The van der Waals surface area contributed by atoms with E-state index in [0.29, 0.717) is 13.0 Å². The number of carbonyl (C=O) groups is 2. The molecule has 0 aliphatic carbocycles. The van der Waals surface area contributed by atoms with Crippen molar-refractivity contribution < 1.29 is 19.1 Å². The van der Waals surface area contributed by atoms with E-state index >= 15 is 0 Å². The van der Waals surface area contributed by atoms with Crippen LogP contribution in [0.5, 0.6) is 0 Å². The average Bonchev–Trinajstić information content (AvgIpc) is 2.47. The predicted molar refractivity (Wildman–Crippen MR) is 53.5 cm³/mol. The second kappa shape index (κ2) is 4.78. The number of carbonyl (C=O) groups excluding carboxylic acids is 2. The SMILES string of the molecule is CCOC(=O)C1CC(CI)OC1=O. The van der Waals surface area contributed by atoms with Crippen LogP contribution in [0.3, 0.4) is 0 Å². The highest BCUT2D eigenvalue weighted by atomic mass is 127. The first kappa shape index (κ1) is 10.7. The highest BCUT2D eigenvalue weighted by Crippen LogP contribution is 2.23. The van der Waals surface area contributed by atoms with Crippen molar-refractivity contribution in [1.82, 2.24) is 0 Å². The van der Waals surface area contributed by atoms with Crippen molar-refractivity contribution in [3.05, 3.63) is 0 Å². The van der Waals surface area contributed by atoms with Gasteiger partial charge in [0, 0.05) is 10.8 Å². The number of halogens is 1. The van der Waals surface area contributed by atoms with Crippen molar-refractivity contribution in [3.8, 4) is 0 Å². The van der Waals surface area contributed by atoms with E-state index in [9.17, 15) is 9.59 Å². The first-order valence-corrected chi connectivity index (χ1v) is 5.64. The highest BCUT2D eigenvalue weighted by Gasteiger charge is 2.39. The number of ether oxygens (including phenoxy) is 2. The van der Waals surface area contributed by atoms with E-state index in [2.05, 4.69) is 22.6 Å². The lowest BCUT2D eigenvalue weighted by molar-refractivity contribution is -0.156. The maximum absolute atomic E-state index is 11.2. The van der Waals surface area contributed by atoms with Crippen LogP contribution in [0, 0.1) is 5.92 Å². The summed E-state index contributed by atoms with van der Waals surface area (Å²) < 4.78 is 10.4. The molecule has 1 aliphatic rings. The summed E-state index contributed by atoms with van der Waals surface area (Å²) in [5, 5.41) is 0. The quantitative estimate of drug-likeness (QED) is 0.336. The minimum absolute atomic E-state index is 0.123. The molecular formula is C8H11IO4. The van der Waals surface area contributed by atoms with E-state index in [0.717, 1.165) is 4.43 Å². The maximum Gasteiger partial charge on any atom is 0.320 e. The molecule has 0 aromatic heterocycles. The number of hydrogen-bond acceptors (Lipinski definition) is 4. The van der Waals surface area contributed by atoms with Crippen molar-refractivity contribution in [2.75, 3.05) is 11.0 Å². The molecule has 0 aromatic rings. The number of esters is 2. The first-order chi connectivity index (χ1) is 6.19. The van der Waals surface area contributed by atoms with E-state index in [1.54, 1.807) is 6.92 Å². The van der Waals surface area contributed by atoms with Gasteiger partial charge in [-0.1, -0.05) is 22.6 Å². The number of alkyl halides is 1. The molecule has 74 valence electrons. The third-order valence-electron chi connectivity index (χ3n) is 1.81. The zero-order chi connectivity index (χ0) is 9.84. The second-order valence-electron chi connectivity index (χ2n) is 2.75. The van der Waals surface area contributed by atoms with Crippen molar-refractivity contribution in [2.45, 2.75) is 19.4 Å². The predicted octanol–water partition coefficient (Wildman–Crippen LogP) is 0.916. The minimum atomic E-state index is -0.695. The summed E-state index contributed by atoms with van der Waals surface area (Å²) >= 11 is 2.12. The molecule has 13 heavy (non-hydrogen) atoms. The summed E-state index contributed by atoms with van der Waals surface area (Å²) in [7, 11) is 0. The normalized spacial score (nSPS) is 27.1. The van der Waals surface area contributed by atoms with Gasteiger partial charge in [-0.3, -0.25) is 9.59 Å². The molecule has 0 amide bonds. The number of hydrogen-bond donors (Lipinski definition) is 0. The van der Waals surface area contributed by atoms with Crippen LogP contribution in [0.15, 0.2) is 0 Å². The zero-order valence-electron chi connectivity index (χ0n) is 7.29. The van der Waals surface area contributed by atoms with Crippen molar-refractivity contribution in [1.29, 1.82) is 0 Å². The minimum Gasteiger partial charge on any atom is -0.465 e. The molecule has 0 radical (unpaired) electrons. The van der Waals surface area contributed by atoms with E-state index in [1.807, 2.05) is 0 Å². The van der Waals surface area contributed by atoms with Gasteiger partial charge in [-0.15, -0.1) is 0 Å². The van der Waals surface area contributed by atoms with Gasteiger partial charge in [0.25, 0.3) is 0 Å². The van der Waals surface area contributed by atoms with Crippen LogP contribution in [0.2, 0.25) is 0 Å². The van der Waals surface area contributed by atoms with E-state index in [-0.39, 0.29) is 6.10 Å². The van der Waals surface area contributed by atoms with Gasteiger partial charge < -0.3 is 9.47 Å². The van der Waals surface area contributed by atoms with Gasteiger partial charge in [-0.05, 0) is 6.92 Å². The molecule has 0 aromatic carbocycles. The van der Waals surface area contributed by atoms with Crippen LogP contribution in [0.25, 0.3) is 0 Å². The Morgan fingerprint density at radius 1 is 1.77 bits per heavy atom. The van der Waals surface area contributed by atoms with Gasteiger partial charge in [0.2, 0.25) is 0 Å². The summed E-state index contributed by atoms with van der Waals surface area (Å²) in [4.78, 5) is 22.3. The standard InChI is InChI=1S/C8H11IO4/c1-2-12-7(10)6-3-5(4-9)13-8(6)11/h5-6H,2-4H2,1H3.